The molecule has 1 unspecified atom stereocenters. The molecular formula is C21H23F2N3O4S. The Balaban J connectivity index is 1.88. The quantitative estimate of drug-likeness (QED) is 0.732. The monoisotopic (exact) mass is 451 g/mol. The van der Waals surface area contributed by atoms with Gasteiger partial charge in [-0.05, 0) is 44.0 Å². The lowest BCUT2D eigenvalue weighted by Crippen LogP contribution is -2.45. The Bertz CT molecular complexity index is 1100. The Labute approximate surface area is 179 Å². The van der Waals surface area contributed by atoms with Gasteiger partial charge in [-0.1, -0.05) is 12.1 Å². The van der Waals surface area contributed by atoms with Crippen molar-refractivity contribution in [3.8, 4) is 0 Å². The van der Waals surface area contributed by atoms with Crippen LogP contribution >= 0.6 is 0 Å². The van der Waals surface area contributed by atoms with Gasteiger partial charge in [0, 0.05) is 19.2 Å². The molecule has 0 radical (unpaired) electrons. The summed E-state index contributed by atoms with van der Waals surface area (Å²) in [6, 6.07) is 7.74. The van der Waals surface area contributed by atoms with Crippen molar-refractivity contribution >= 4 is 33.2 Å². The number of benzene rings is 2. The van der Waals surface area contributed by atoms with Crippen LogP contribution < -0.4 is 9.62 Å². The van der Waals surface area contributed by atoms with Crippen LogP contribution in [0, 0.1) is 11.6 Å². The highest BCUT2D eigenvalue weighted by atomic mass is 32.2. The van der Waals surface area contributed by atoms with Crippen LogP contribution in [0.15, 0.2) is 42.5 Å². The summed E-state index contributed by atoms with van der Waals surface area (Å²) < 4.78 is 52.4. The van der Waals surface area contributed by atoms with Crippen LogP contribution in [0.5, 0.6) is 0 Å². The fraction of sp³-hybridized carbons (Fsp3) is 0.333. The van der Waals surface area contributed by atoms with E-state index in [9.17, 15) is 26.8 Å². The summed E-state index contributed by atoms with van der Waals surface area (Å²) in [5.41, 5.74) is 0.351. The number of rotatable bonds is 6. The minimum absolute atomic E-state index is 0.189. The van der Waals surface area contributed by atoms with E-state index in [4.69, 9.17) is 0 Å². The Kier molecular flexibility index (Phi) is 6.59. The molecule has 1 fully saturated rings. The van der Waals surface area contributed by atoms with Crippen LogP contribution in [0.3, 0.4) is 0 Å². The van der Waals surface area contributed by atoms with Gasteiger partial charge in [0.2, 0.25) is 15.9 Å². The van der Waals surface area contributed by atoms with E-state index >= 15 is 0 Å². The first-order valence-electron chi connectivity index (χ1n) is 9.73. The first-order valence-corrected chi connectivity index (χ1v) is 11.6. The van der Waals surface area contributed by atoms with Crippen molar-refractivity contribution in [3.05, 3.63) is 59.7 Å². The third-order valence-corrected chi connectivity index (χ3v) is 6.30. The lowest BCUT2D eigenvalue weighted by molar-refractivity contribution is -0.116. The van der Waals surface area contributed by atoms with E-state index in [1.54, 1.807) is 29.2 Å². The fourth-order valence-electron chi connectivity index (χ4n) is 3.54. The summed E-state index contributed by atoms with van der Waals surface area (Å²) in [4.78, 5) is 27.4. The van der Waals surface area contributed by atoms with Gasteiger partial charge in [-0.15, -0.1) is 0 Å². The molecule has 1 aliphatic heterocycles. The highest BCUT2D eigenvalue weighted by molar-refractivity contribution is 7.92. The van der Waals surface area contributed by atoms with Crippen molar-refractivity contribution in [2.75, 3.05) is 29.0 Å². The van der Waals surface area contributed by atoms with Gasteiger partial charge in [-0.25, -0.2) is 17.2 Å². The van der Waals surface area contributed by atoms with Crippen LogP contribution in [0.25, 0.3) is 0 Å². The van der Waals surface area contributed by atoms with Crippen LogP contribution in [-0.2, 0) is 14.8 Å². The Morgan fingerprint density at radius 1 is 1.06 bits per heavy atom. The number of nitrogens with zero attached hydrogens (tertiary/aromatic N) is 2. The second kappa shape index (κ2) is 9.01. The Morgan fingerprint density at radius 3 is 2.32 bits per heavy atom. The molecule has 0 aliphatic carbocycles. The topological polar surface area (TPSA) is 86.8 Å². The molecule has 10 heteroatoms. The maximum absolute atomic E-state index is 13.7. The number of likely N-dealkylation sites (tertiary alicyclic amines) is 1. The van der Waals surface area contributed by atoms with E-state index in [1.165, 1.54) is 6.92 Å². The highest BCUT2D eigenvalue weighted by Crippen LogP contribution is 2.25. The Hall–Kier alpha value is -3.01. The molecule has 0 spiro atoms. The molecule has 0 aromatic heterocycles. The van der Waals surface area contributed by atoms with E-state index < -0.39 is 33.6 Å². The van der Waals surface area contributed by atoms with Crippen molar-refractivity contribution in [3.63, 3.8) is 0 Å². The second-order valence-electron chi connectivity index (χ2n) is 7.37. The third-order valence-electron chi connectivity index (χ3n) is 5.05. The number of para-hydroxylation sites is 1. The Morgan fingerprint density at radius 2 is 1.71 bits per heavy atom. The first-order chi connectivity index (χ1) is 14.6. The maximum Gasteiger partial charge on any atom is 0.255 e. The van der Waals surface area contributed by atoms with Gasteiger partial charge < -0.3 is 10.2 Å². The molecule has 2 aromatic carbocycles. The smallest absolute Gasteiger partial charge is 0.255 e. The predicted octanol–water partition coefficient (Wildman–Crippen LogP) is 2.99. The molecule has 2 amide bonds. The zero-order valence-electron chi connectivity index (χ0n) is 17.1. The van der Waals surface area contributed by atoms with Crippen molar-refractivity contribution in [2.45, 2.75) is 25.8 Å². The van der Waals surface area contributed by atoms with Crippen LogP contribution in [0.2, 0.25) is 0 Å². The summed E-state index contributed by atoms with van der Waals surface area (Å²) in [6.07, 6.45) is 2.69. The van der Waals surface area contributed by atoms with Gasteiger partial charge >= 0.3 is 0 Å². The largest absolute Gasteiger partial charge is 0.339 e. The maximum atomic E-state index is 13.7. The van der Waals surface area contributed by atoms with Crippen molar-refractivity contribution < 1.29 is 26.8 Å². The molecular weight excluding hydrogens is 428 g/mol. The van der Waals surface area contributed by atoms with Gasteiger partial charge in [-0.2, -0.15) is 0 Å². The fourth-order valence-corrected chi connectivity index (χ4v) is 4.70. The van der Waals surface area contributed by atoms with Crippen molar-refractivity contribution in [1.82, 2.24) is 4.90 Å². The molecule has 1 atom stereocenters. The van der Waals surface area contributed by atoms with Gasteiger partial charge in [0.25, 0.3) is 5.91 Å². The number of amides is 2. The van der Waals surface area contributed by atoms with Crippen molar-refractivity contribution in [1.29, 1.82) is 0 Å². The predicted molar refractivity (Wildman–Crippen MR) is 113 cm³/mol. The van der Waals surface area contributed by atoms with Crippen molar-refractivity contribution in [2.24, 2.45) is 0 Å². The average molecular weight is 451 g/mol. The number of sulfonamides is 1. The summed E-state index contributed by atoms with van der Waals surface area (Å²) in [6.45, 7) is 2.59. The van der Waals surface area contributed by atoms with Gasteiger partial charge in [0.15, 0.2) is 11.6 Å². The third kappa shape index (κ3) is 5.01. The number of carbonyl (C=O) groups excluding carboxylic acids is 2. The number of halogens is 2. The van der Waals surface area contributed by atoms with E-state index in [1.807, 2.05) is 0 Å². The zero-order valence-corrected chi connectivity index (χ0v) is 18.0. The number of nitrogens with one attached hydrogen (secondary N) is 1. The number of hydrogen-bond acceptors (Lipinski definition) is 4. The van der Waals surface area contributed by atoms with Crippen LogP contribution in [0.4, 0.5) is 20.2 Å². The first kappa shape index (κ1) is 22.7. The van der Waals surface area contributed by atoms with E-state index in [-0.39, 0.29) is 17.3 Å². The molecule has 1 saturated heterocycles. The molecule has 7 nitrogen and oxygen atoms in total. The minimum atomic E-state index is -4.02. The zero-order chi connectivity index (χ0) is 22.8. The highest BCUT2D eigenvalue weighted by Gasteiger charge is 2.31. The molecule has 2 aromatic rings. The standard InChI is InChI=1S/C21H23F2N3O4S/c1-14(26(31(2,29)30)15-9-10-17(22)18(23)13-15)20(27)24-19-8-4-3-7-16(19)21(28)25-11-5-6-12-25/h3-4,7-10,13-14H,5-6,11-12H2,1-2H3,(H,24,27). The van der Waals surface area contributed by atoms with Crippen LogP contribution in [-0.4, -0.2) is 50.5 Å². The molecule has 1 heterocycles. The normalized spacial score (nSPS) is 14.9. The molecule has 0 saturated carbocycles. The molecule has 3 rings (SSSR count). The lowest BCUT2D eigenvalue weighted by atomic mass is 10.1. The molecule has 1 aliphatic rings. The second-order valence-corrected chi connectivity index (χ2v) is 9.23. The van der Waals surface area contributed by atoms with Gasteiger partial charge in [-0.3, -0.25) is 13.9 Å². The number of anilines is 2. The van der Waals surface area contributed by atoms with Gasteiger partial charge in [0.1, 0.15) is 6.04 Å². The SMILES string of the molecule is CC(C(=O)Nc1ccccc1C(=O)N1CCCC1)N(c1ccc(F)c(F)c1)S(C)(=O)=O. The molecule has 31 heavy (non-hydrogen) atoms. The summed E-state index contributed by atoms with van der Waals surface area (Å²) in [5.74, 6) is -3.32. The van der Waals surface area contributed by atoms with E-state index in [2.05, 4.69) is 5.32 Å². The summed E-state index contributed by atoms with van der Waals surface area (Å²) in [7, 11) is -4.02. The van der Waals surface area contributed by atoms with E-state index in [0.717, 1.165) is 31.2 Å². The molecule has 0 bridgehead atoms. The van der Waals surface area contributed by atoms with Gasteiger partial charge in [0.05, 0.1) is 23.2 Å². The van der Waals surface area contributed by atoms with E-state index in [0.29, 0.717) is 29.0 Å². The summed E-state index contributed by atoms with van der Waals surface area (Å²) >= 11 is 0. The average Bonchev–Trinajstić information content (AvgIpc) is 3.24. The van der Waals surface area contributed by atoms with Crippen LogP contribution in [0.1, 0.15) is 30.1 Å². The minimum Gasteiger partial charge on any atom is -0.339 e. The summed E-state index contributed by atoms with van der Waals surface area (Å²) in [5, 5.41) is 2.60. The molecule has 166 valence electrons. The molecule has 1 N–H and O–H groups in total. The number of carbonyl (C=O) groups is 2. The lowest BCUT2D eigenvalue weighted by Gasteiger charge is -2.28. The number of hydrogen-bond donors (Lipinski definition) is 1.